The Morgan fingerprint density at radius 2 is 1.48 bits per heavy atom. The summed E-state index contributed by atoms with van der Waals surface area (Å²) in [4.78, 5) is 29.5. The van der Waals surface area contributed by atoms with Crippen molar-refractivity contribution in [3.8, 4) is 21.7 Å². The van der Waals surface area contributed by atoms with Gasteiger partial charge in [-0.1, -0.05) is 78.9 Å². The molecule has 1 aromatic heterocycles. The molecular weight excluding hydrogens is 408 g/mol. The summed E-state index contributed by atoms with van der Waals surface area (Å²) >= 11 is 1.36. The molecule has 0 saturated carbocycles. The quantitative estimate of drug-likeness (QED) is 0.402. The average molecular weight is 429 g/mol. The number of ether oxygens (including phenoxy) is 1. The van der Waals surface area contributed by atoms with Crippen LogP contribution in [0.3, 0.4) is 0 Å². The number of para-hydroxylation sites is 1. The lowest BCUT2D eigenvalue weighted by Crippen LogP contribution is -2.30. The minimum Gasteiger partial charge on any atom is -0.448 e. The number of aromatic nitrogens is 1. The van der Waals surface area contributed by atoms with Gasteiger partial charge in [-0.2, -0.15) is 0 Å². The zero-order chi connectivity index (χ0) is 21.6. The lowest BCUT2D eigenvalue weighted by Gasteiger charge is -2.15. The smallest absolute Gasteiger partial charge is 0.358 e. The number of benzene rings is 3. The Bertz CT molecular complexity index is 1190. The predicted molar refractivity (Wildman–Crippen MR) is 123 cm³/mol. The van der Waals surface area contributed by atoms with Crippen LogP contribution in [0.4, 0.5) is 5.69 Å². The zero-order valence-electron chi connectivity index (χ0n) is 16.8. The maximum atomic E-state index is 12.7. The molecule has 4 aromatic rings. The molecule has 1 N–H and O–H groups in total. The summed E-state index contributed by atoms with van der Waals surface area (Å²) in [6.45, 7) is 1.54. The summed E-state index contributed by atoms with van der Waals surface area (Å²) in [5.41, 5.74) is 3.64. The fourth-order valence-corrected chi connectivity index (χ4v) is 3.85. The van der Waals surface area contributed by atoms with Crippen LogP contribution in [0.15, 0.2) is 90.3 Å². The maximum absolute atomic E-state index is 12.7. The lowest BCUT2D eigenvalue weighted by molar-refractivity contribution is -0.123. The molecule has 1 atom stereocenters. The second-order valence-electron chi connectivity index (χ2n) is 6.85. The highest BCUT2D eigenvalue weighted by atomic mass is 32.1. The molecule has 1 heterocycles. The van der Waals surface area contributed by atoms with Crippen LogP contribution in [0, 0.1) is 0 Å². The number of hydrogen-bond acceptors (Lipinski definition) is 5. The monoisotopic (exact) mass is 428 g/mol. The second kappa shape index (κ2) is 9.36. The summed E-state index contributed by atoms with van der Waals surface area (Å²) in [5.74, 6) is -1.03. The first kappa shape index (κ1) is 20.5. The fraction of sp³-hybridized carbons (Fsp3) is 0.0800. The minimum absolute atomic E-state index is 0.188. The third-order valence-electron chi connectivity index (χ3n) is 4.66. The zero-order valence-corrected chi connectivity index (χ0v) is 17.6. The van der Waals surface area contributed by atoms with Gasteiger partial charge in [-0.3, -0.25) is 4.79 Å². The van der Waals surface area contributed by atoms with Gasteiger partial charge in [0.25, 0.3) is 5.91 Å². The molecule has 0 saturated heterocycles. The van der Waals surface area contributed by atoms with Crippen LogP contribution in [0.5, 0.6) is 0 Å². The van der Waals surface area contributed by atoms with Gasteiger partial charge in [0.2, 0.25) is 0 Å². The Balaban J connectivity index is 1.43. The van der Waals surface area contributed by atoms with Crippen LogP contribution < -0.4 is 5.32 Å². The van der Waals surface area contributed by atoms with Crippen LogP contribution in [-0.2, 0) is 9.53 Å². The molecule has 3 aromatic carbocycles. The molecule has 0 aliphatic heterocycles. The third-order valence-corrected chi connectivity index (χ3v) is 5.55. The van der Waals surface area contributed by atoms with Gasteiger partial charge >= 0.3 is 5.97 Å². The van der Waals surface area contributed by atoms with Gasteiger partial charge in [0.15, 0.2) is 11.8 Å². The van der Waals surface area contributed by atoms with Crippen molar-refractivity contribution in [2.45, 2.75) is 13.0 Å². The molecule has 1 unspecified atom stereocenters. The number of esters is 1. The van der Waals surface area contributed by atoms with E-state index in [4.69, 9.17) is 4.74 Å². The number of carbonyl (C=O) groups is 2. The van der Waals surface area contributed by atoms with E-state index in [0.717, 1.165) is 21.7 Å². The number of nitrogens with zero attached hydrogens (tertiary/aromatic N) is 1. The van der Waals surface area contributed by atoms with Crippen molar-refractivity contribution in [1.82, 2.24) is 4.98 Å². The number of thiazole rings is 1. The van der Waals surface area contributed by atoms with Crippen molar-refractivity contribution < 1.29 is 14.3 Å². The van der Waals surface area contributed by atoms with Crippen molar-refractivity contribution in [2.24, 2.45) is 0 Å². The van der Waals surface area contributed by atoms with Crippen molar-refractivity contribution in [3.05, 3.63) is 96.0 Å². The van der Waals surface area contributed by atoms with Gasteiger partial charge in [0, 0.05) is 22.2 Å². The van der Waals surface area contributed by atoms with E-state index < -0.39 is 18.0 Å². The Hall–Kier alpha value is -3.77. The number of nitrogens with one attached hydrogen (secondary N) is 1. The molecular formula is C25H20N2O3S. The minimum atomic E-state index is -0.974. The van der Waals surface area contributed by atoms with E-state index in [1.54, 1.807) is 12.3 Å². The summed E-state index contributed by atoms with van der Waals surface area (Å²) in [6.07, 6.45) is -0.974. The predicted octanol–water partition coefficient (Wildman–Crippen LogP) is 5.66. The third kappa shape index (κ3) is 4.87. The fourth-order valence-electron chi connectivity index (χ4n) is 3.05. The lowest BCUT2D eigenvalue weighted by atomic mass is 10.0. The van der Waals surface area contributed by atoms with Crippen molar-refractivity contribution in [1.29, 1.82) is 0 Å². The summed E-state index contributed by atoms with van der Waals surface area (Å²) < 4.78 is 5.36. The van der Waals surface area contributed by atoms with E-state index in [2.05, 4.69) is 10.3 Å². The Kier molecular flexibility index (Phi) is 6.19. The second-order valence-corrected chi connectivity index (χ2v) is 7.71. The van der Waals surface area contributed by atoms with Crippen LogP contribution >= 0.6 is 11.3 Å². The highest BCUT2D eigenvalue weighted by molar-refractivity contribution is 7.13. The number of hydrogen-bond donors (Lipinski definition) is 1. The van der Waals surface area contributed by atoms with E-state index in [1.807, 2.05) is 84.9 Å². The highest BCUT2D eigenvalue weighted by Crippen LogP contribution is 2.28. The molecule has 0 aliphatic rings. The standard InChI is InChI=1S/C25H20N2O3S/c1-17(30-25(29)22-16-31-24(27-22)19-12-6-3-7-13-19)23(28)26-21-15-9-8-14-20(21)18-10-4-2-5-11-18/h2-17H,1H3,(H,26,28). The van der Waals surface area contributed by atoms with Crippen LogP contribution in [0.2, 0.25) is 0 Å². The summed E-state index contributed by atoms with van der Waals surface area (Å²) in [6, 6.07) is 26.9. The molecule has 31 heavy (non-hydrogen) atoms. The first-order valence-corrected chi connectivity index (χ1v) is 10.7. The molecule has 6 heteroatoms. The number of carbonyl (C=O) groups excluding carboxylic acids is 2. The number of amides is 1. The van der Waals surface area contributed by atoms with Crippen molar-refractivity contribution >= 4 is 28.9 Å². The van der Waals surface area contributed by atoms with E-state index >= 15 is 0 Å². The molecule has 4 rings (SSSR count). The molecule has 0 spiro atoms. The van der Waals surface area contributed by atoms with Crippen molar-refractivity contribution in [2.75, 3.05) is 5.32 Å². The van der Waals surface area contributed by atoms with Gasteiger partial charge < -0.3 is 10.1 Å². The number of anilines is 1. The molecule has 0 bridgehead atoms. The SMILES string of the molecule is CC(OC(=O)c1csc(-c2ccccc2)n1)C(=O)Nc1ccccc1-c1ccccc1. The maximum Gasteiger partial charge on any atom is 0.358 e. The van der Waals surface area contributed by atoms with Gasteiger partial charge in [-0.25, -0.2) is 9.78 Å². The first-order chi connectivity index (χ1) is 15.1. The molecule has 154 valence electrons. The number of rotatable bonds is 6. The van der Waals surface area contributed by atoms with E-state index in [0.29, 0.717) is 5.69 Å². The Morgan fingerprint density at radius 1 is 0.871 bits per heavy atom. The Labute approximate surface area is 184 Å². The summed E-state index contributed by atoms with van der Waals surface area (Å²) in [5, 5.41) is 5.23. The van der Waals surface area contributed by atoms with Gasteiger partial charge in [-0.05, 0) is 18.6 Å². The molecule has 1 amide bonds. The van der Waals surface area contributed by atoms with Crippen LogP contribution in [0.25, 0.3) is 21.7 Å². The van der Waals surface area contributed by atoms with E-state index in [-0.39, 0.29) is 5.69 Å². The Morgan fingerprint density at radius 3 is 2.19 bits per heavy atom. The molecule has 0 radical (unpaired) electrons. The molecule has 5 nitrogen and oxygen atoms in total. The largest absolute Gasteiger partial charge is 0.448 e. The van der Waals surface area contributed by atoms with E-state index in [9.17, 15) is 9.59 Å². The van der Waals surface area contributed by atoms with Gasteiger partial charge in [-0.15, -0.1) is 11.3 Å². The normalized spacial score (nSPS) is 11.5. The average Bonchev–Trinajstić information content (AvgIpc) is 3.31. The van der Waals surface area contributed by atoms with Gasteiger partial charge in [0.05, 0.1) is 0 Å². The summed E-state index contributed by atoms with van der Waals surface area (Å²) in [7, 11) is 0. The van der Waals surface area contributed by atoms with Crippen LogP contribution in [0.1, 0.15) is 17.4 Å². The highest BCUT2D eigenvalue weighted by Gasteiger charge is 2.22. The molecule has 0 fully saturated rings. The van der Waals surface area contributed by atoms with Gasteiger partial charge in [0.1, 0.15) is 5.01 Å². The van der Waals surface area contributed by atoms with E-state index in [1.165, 1.54) is 11.3 Å². The first-order valence-electron chi connectivity index (χ1n) is 9.79. The molecule has 0 aliphatic carbocycles. The topological polar surface area (TPSA) is 68.3 Å². The van der Waals surface area contributed by atoms with Crippen LogP contribution in [-0.4, -0.2) is 23.0 Å². The van der Waals surface area contributed by atoms with Crippen molar-refractivity contribution in [3.63, 3.8) is 0 Å².